The van der Waals surface area contributed by atoms with Crippen LogP contribution in [0.5, 0.6) is 0 Å². The summed E-state index contributed by atoms with van der Waals surface area (Å²) in [4.78, 5) is 0. The lowest BCUT2D eigenvalue weighted by molar-refractivity contribution is 0.295. The van der Waals surface area contributed by atoms with Crippen molar-refractivity contribution in [2.75, 3.05) is 7.05 Å². The van der Waals surface area contributed by atoms with Crippen LogP contribution in [0.4, 0.5) is 0 Å². The van der Waals surface area contributed by atoms with Crippen LogP contribution in [-0.2, 0) is 0 Å². The Morgan fingerprint density at radius 1 is 1.31 bits per heavy atom. The van der Waals surface area contributed by atoms with Gasteiger partial charge in [0.05, 0.1) is 0 Å². The van der Waals surface area contributed by atoms with E-state index in [9.17, 15) is 0 Å². The first-order chi connectivity index (χ1) is 6.13. The SMILES string of the molecule is C#CCCCC(NC)C(C)C(C)C. The maximum absolute atomic E-state index is 5.22. The van der Waals surface area contributed by atoms with Gasteiger partial charge in [-0.1, -0.05) is 20.8 Å². The van der Waals surface area contributed by atoms with E-state index in [0.717, 1.165) is 24.7 Å². The van der Waals surface area contributed by atoms with Crippen molar-refractivity contribution in [3.63, 3.8) is 0 Å². The molecule has 0 fully saturated rings. The molecule has 0 saturated carbocycles. The third-order valence-corrected chi connectivity index (χ3v) is 2.89. The average molecular weight is 181 g/mol. The Balaban J connectivity index is 3.82. The average Bonchev–Trinajstić information content (AvgIpc) is 2.11. The van der Waals surface area contributed by atoms with Gasteiger partial charge in [0.2, 0.25) is 0 Å². The third kappa shape index (κ3) is 4.95. The first-order valence-electron chi connectivity index (χ1n) is 5.24. The van der Waals surface area contributed by atoms with E-state index in [-0.39, 0.29) is 0 Å². The summed E-state index contributed by atoms with van der Waals surface area (Å²) in [5, 5.41) is 3.37. The van der Waals surface area contributed by atoms with Crippen LogP contribution in [0.15, 0.2) is 0 Å². The molecule has 0 aliphatic heterocycles. The summed E-state index contributed by atoms with van der Waals surface area (Å²) in [5.74, 6) is 4.15. The number of rotatable bonds is 6. The van der Waals surface area contributed by atoms with Crippen LogP contribution in [0.25, 0.3) is 0 Å². The van der Waals surface area contributed by atoms with Crippen LogP contribution in [0.3, 0.4) is 0 Å². The van der Waals surface area contributed by atoms with Crippen LogP contribution >= 0.6 is 0 Å². The van der Waals surface area contributed by atoms with E-state index < -0.39 is 0 Å². The molecule has 1 N–H and O–H groups in total. The quantitative estimate of drug-likeness (QED) is 0.491. The van der Waals surface area contributed by atoms with Crippen molar-refractivity contribution in [2.24, 2.45) is 11.8 Å². The summed E-state index contributed by atoms with van der Waals surface area (Å²) in [6, 6.07) is 0.619. The first kappa shape index (κ1) is 12.5. The van der Waals surface area contributed by atoms with E-state index in [2.05, 4.69) is 32.0 Å². The van der Waals surface area contributed by atoms with Crippen LogP contribution in [-0.4, -0.2) is 13.1 Å². The van der Waals surface area contributed by atoms with Gasteiger partial charge in [-0.05, 0) is 31.7 Å². The topological polar surface area (TPSA) is 12.0 Å². The predicted octanol–water partition coefficient (Wildman–Crippen LogP) is 2.67. The number of unbranched alkanes of at least 4 members (excludes halogenated alkanes) is 1. The molecule has 0 aromatic carbocycles. The van der Waals surface area contributed by atoms with Crippen molar-refractivity contribution >= 4 is 0 Å². The van der Waals surface area contributed by atoms with Gasteiger partial charge in [-0.25, -0.2) is 0 Å². The molecule has 0 aromatic rings. The van der Waals surface area contributed by atoms with Gasteiger partial charge in [-0.2, -0.15) is 0 Å². The van der Waals surface area contributed by atoms with Crippen LogP contribution in [0.1, 0.15) is 40.0 Å². The highest BCUT2D eigenvalue weighted by Crippen LogP contribution is 2.18. The second-order valence-corrected chi connectivity index (χ2v) is 4.09. The summed E-state index contributed by atoms with van der Waals surface area (Å²) < 4.78 is 0. The molecular formula is C12H23N. The van der Waals surface area contributed by atoms with Gasteiger partial charge in [0.25, 0.3) is 0 Å². The summed E-state index contributed by atoms with van der Waals surface area (Å²) in [6.07, 6.45) is 8.46. The Kier molecular flexibility index (Phi) is 6.72. The molecule has 0 aliphatic carbocycles. The van der Waals surface area contributed by atoms with E-state index in [1.807, 2.05) is 7.05 Å². The fourth-order valence-corrected chi connectivity index (χ4v) is 1.56. The smallest absolute Gasteiger partial charge is 0.00924 e. The van der Waals surface area contributed by atoms with Crippen molar-refractivity contribution in [3.8, 4) is 12.3 Å². The van der Waals surface area contributed by atoms with Crippen LogP contribution < -0.4 is 5.32 Å². The molecule has 0 amide bonds. The van der Waals surface area contributed by atoms with E-state index in [1.54, 1.807) is 0 Å². The molecule has 0 rings (SSSR count). The molecule has 13 heavy (non-hydrogen) atoms. The molecule has 1 heteroatoms. The molecule has 0 heterocycles. The molecule has 0 radical (unpaired) electrons. The Morgan fingerprint density at radius 2 is 1.92 bits per heavy atom. The lowest BCUT2D eigenvalue weighted by Crippen LogP contribution is -2.34. The van der Waals surface area contributed by atoms with Crippen molar-refractivity contribution < 1.29 is 0 Å². The summed E-state index contributed by atoms with van der Waals surface area (Å²) >= 11 is 0. The molecule has 1 nitrogen and oxygen atoms in total. The lowest BCUT2D eigenvalue weighted by Gasteiger charge is -2.26. The molecule has 76 valence electrons. The normalized spacial score (nSPS) is 15.4. The molecule has 2 unspecified atom stereocenters. The number of hydrogen-bond donors (Lipinski definition) is 1. The minimum Gasteiger partial charge on any atom is -0.317 e. The zero-order chi connectivity index (χ0) is 10.3. The minimum absolute atomic E-state index is 0.619. The fourth-order valence-electron chi connectivity index (χ4n) is 1.56. The molecule has 2 atom stereocenters. The van der Waals surface area contributed by atoms with Gasteiger partial charge in [0.15, 0.2) is 0 Å². The third-order valence-electron chi connectivity index (χ3n) is 2.89. The van der Waals surface area contributed by atoms with Crippen LogP contribution in [0.2, 0.25) is 0 Å². The number of terminal acetylenes is 1. The second-order valence-electron chi connectivity index (χ2n) is 4.09. The van der Waals surface area contributed by atoms with Gasteiger partial charge in [-0.15, -0.1) is 12.3 Å². The first-order valence-corrected chi connectivity index (χ1v) is 5.24. The number of hydrogen-bond acceptors (Lipinski definition) is 1. The molecule has 0 aromatic heterocycles. The van der Waals surface area contributed by atoms with Crippen molar-refractivity contribution in [1.29, 1.82) is 0 Å². The predicted molar refractivity (Wildman–Crippen MR) is 59.5 cm³/mol. The Labute approximate surface area is 83.3 Å². The standard InChI is InChI=1S/C12H23N/c1-6-7-8-9-12(13-5)11(4)10(2)3/h1,10-13H,7-9H2,2-5H3. The summed E-state index contributed by atoms with van der Waals surface area (Å²) in [5.41, 5.74) is 0. The maximum Gasteiger partial charge on any atom is 0.00924 e. The van der Waals surface area contributed by atoms with Gasteiger partial charge in [0.1, 0.15) is 0 Å². The van der Waals surface area contributed by atoms with E-state index in [1.165, 1.54) is 6.42 Å². The second kappa shape index (κ2) is 6.97. The van der Waals surface area contributed by atoms with Gasteiger partial charge in [-0.3, -0.25) is 0 Å². The Bertz CT molecular complexity index is 155. The molecule has 0 bridgehead atoms. The van der Waals surface area contributed by atoms with Crippen LogP contribution in [0, 0.1) is 24.2 Å². The summed E-state index contributed by atoms with van der Waals surface area (Å²) in [6.45, 7) is 6.86. The maximum atomic E-state index is 5.22. The van der Waals surface area contributed by atoms with Gasteiger partial charge < -0.3 is 5.32 Å². The molecular weight excluding hydrogens is 158 g/mol. The summed E-state index contributed by atoms with van der Waals surface area (Å²) in [7, 11) is 2.04. The van der Waals surface area contributed by atoms with E-state index in [0.29, 0.717) is 6.04 Å². The van der Waals surface area contributed by atoms with E-state index in [4.69, 9.17) is 6.42 Å². The fraction of sp³-hybridized carbons (Fsp3) is 0.833. The Morgan fingerprint density at radius 3 is 2.31 bits per heavy atom. The molecule has 0 saturated heterocycles. The van der Waals surface area contributed by atoms with Gasteiger partial charge >= 0.3 is 0 Å². The minimum atomic E-state index is 0.619. The van der Waals surface area contributed by atoms with Crippen molar-refractivity contribution in [2.45, 2.75) is 46.1 Å². The molecule has 0 spiro atoms. The molecule has 0 aliphatic rings. The zero-order valence-corrected chi connectivity index (χ0v) is 9.43. The highest BCUT2D eigenvalue weighted by molar-refractivity contribution is 4.84. The highest BCUT2D eigenvalue weighted by Gasteiger charge is 2.17. The zero-order valence-electron chi connectivity index (χ0n) is 9.43. The van der Waals surface area contributed by atoms with Gasteiger partial charge in [0, 0.05) is 12.5 Å². The monoisotopic (exact) mass is 181 g/mol. The van der Waals surface area contributed by atoms with Crippen molar-refractivity contribution in [1.82, 2.24) is 5.32 Å². The Hall–Kier alpha value is -0.480. The highest BCUT2D eigenvalue weighted by atomic mass is 14.9. The lowest BCUT2D eigenvalue weighted by atomic mass is 9.87. The van der Waals surface area contributed by atoms with E-state index >= 15 is 0 Å². The number of nitrogens with one attached hydrogen (secondary N) is 1. The largest absolute Gasteiger partial charge is 0.317 e. The van der Waals surface area contributed by atoms with Crippen molar-refractivity contribution in [3.05, 3.63) is 0 Å².